The van der Waals surface area contributed by atoms with Crippen molar-refractivity contribution >= 4 is 15.7 Å². The molecule has 0 bridgehead atoms. The molecule has 0 unspecified atom stereocenters. The minimum atomic E-state index is -3.38. The van der Waals surface area contributed by atoms with Crippen molar-refractivity contribution in [1.29, 1.82) is 0 Å². The van der Waals surface area contributed by atoms with Gasteiger partial charge in [-0.15, -0.1) is 0 Å². The van der Waals surface area contributed by atoms with E-state index >= 15 is 0 Å². The van der Waals surface area contributed by atoms with Crippen LogP contribution in [0.1, 0.15) is 17.5 Å². The summed E-state index contributed by atoms with van der Waals surface area (Å²) in [6, 6.07) is 5.82. The minimum Gasteiger partial charge on any atom is -0.395 e. The molecule has 2 rings (SSSR count). The van der Waals surface area contributed by atoms with E-state index in [0.717, 1.165) is 29.7 Å². The van der Waals surface area contributed by atoms with E-state index in [-0.39, 0.29) is 12.4 Å². The normalized spacial score (nSPS) is 15.8. The van der Waals surface area contributed by atoms with Crippen LogP contribution < -0.4 is 4.31 Å². The molecule has 1 heterocycles. The lowest BCUT2D eigenvalue weighted by atomic mass is 10.0. The first-order valence-corrected chi connectivity index (χ1v) is 7.36. The largest absolute Gasteiger partial charge is 0.395 e. The Labute approximate surface area is 102 Å². The van der Waals surface area contributed by atoms with Crippen molar-refractivity contribution < 1.29 is 13.5 Å². The zero-order valence-corrected chi connectivity index (χ0v) is 10.7. The quantitative estimate of drug-likeness (QED) is 0.879. The average Bonchev–Trinajstić information content (AvgIpc) is 2.27. The van der Waals surface area contributed by atoms with Crippen LogP contribution in [0.4, 0.5) is 5.69 Å². The topological polar surface area (TPSA) is 57.6 Å². The molecule has 0 atom stereocenters. The number of hydrogen-bond acceptors (Lipinski definition) is 3. The number of sulfonamides is 1. The third-order valence-electron chi connectivity index (χ3n) is 3.00. The van der Waals surface area contributed by atoms with Crippen LogP contribution in [0, 0.1) is 6.92 Å². The van der Waals surface area contributed by atoms with Crippen molar-refractivity contribution in [3.63, 3.8) is 0 Å². The van der Waals surface area contributed by atoms with Crippen LogP contribution in [-0.2, 0) is 16.4 Å². The molecule has 0 spiro atoms. The Balaban J connectivity index is 2.42. The molecule has 1 aromatic rings. The monoisotopic (exact) mass is 255 g/mol. The van der Waals surface area contributed by atoms with Crippen LogP contribution in [0.2, 0.25) is 0 Å². The van der Waals surface area contributed by atoms with Crippen molar-refractivity contribution in [2.75, 3.05) is 23.2 Å². The van der Waals surface area contributed by atoms with E-state index in [9.17, 15) is 8.42 Å². The van der Waals surface area contributed by atoms with E-state index in [1.165, 1.54) is 4.31 Å². The van der Waals surface area contributed by atoms with E-state index < -0.39 is 10.0 Å². The number of rotatable bonds is 3. The molecule has 0 aliphatic carbocycles. The Morgan fingerprint density at radius 2 is 2.18 bits per heavy atom. The summed E-state index contributed by atoms with van der Waals surface area (Å²) in [6.07, 6.45) is 1.75. The van der Waals surface area contributed by atoms with Crippen molar-refractivity contribution in [3.8, 4) is 0 Å². The summed E-state index contributed by atoms with van der Waals surface area (Å²) in [4.78, 5) is 0. The van der Waals surface area contributed by atoms with Crippen LogP contribution >= 0.6 is 0 Å². The first-order valence-electron chi connectivity index (χ1n) is 5.75. The standard InChI is InChI=1S/C12H17NO3S/c1-10-4-5-12-11(9-10)3-2-6-13(12)17(15,16)8-7-14/h4-5,9,14H,2-3,6-8H2,1H3. The zero-order valence-electron chi connectivity index (χ0n) is 9.89. The van der Waals surface area contributed by atoms with Gasteiger partial charge in [0.25, 0.3) is 0 Å². The SMILES string of the molecule is Cc1ccc2c(c1)CCCN2S(=O)(=O)CCO. The van der Waals surface area contributed by atoms with E-state index in [0.29, 0.717) is 6.54 Å². The predicted molar refractivity (Wildman–Crippen MR) is 67.7 cm³/mol. The second-order valence-corrected chi connectivity index (χ2v) is 6.36. The minimum absolute atomic E-state index is 0.208. The summed E-state index contributed by atoms with van der Waals surface area (Å²) >= 11 is 0. The lowest BCUT2D eigenvalue weighted by Crippen LogP contribution is -2.37. The summed E-state index contributed by atoms with van der Waals surface area (Å²) in [7, 11) is -3.38. The van der Waals surface area contributed by atoms with Crippen LogP contribution in [0.15, 0.2) is 18.2 Å². The number of anilines is 1. The smallest absolute Gasteiger partial charge is 0.237 e. The number of nitrogens with zero attached hydrogens (tertiary/aromatic N) is 1. The van der Waals surface area contributed by atoms with Crippen molar-refractivity contribution in [3.05, 3.63) is 29.3 Å². The molecular formula is C12H17NO3S. The molecule has 1 N–H and O–H groups in total. The van der Waals surface area contributed by atoms with Crippen molar-refractivity contribution in [2.45, 2.75) is 19.8 Å². The van der Waals surface area contributed by atoms with Gasteiger partial charge in [-0.25, -0.2) is 8.42 Å². The number of fused-ring (bicyclic) bond motifs is 1. The van der Waals surface area contributed by atoms with E-state index in [1.807, 2.05) is 25.1 Å². The number of aryl methyl sites for hydroxylation is 2. The maximum Gasteiger partial charge on any atom is 0.237 e. The number of benzene rings is 1. The predicted octanol–water partition coefficient (Wildman–Crippen LogP) is 1.07. The highest BCUT2D eigenvalue weighted by atomic mass is 32.2. The summed E-state index contributed by atoms with van der Waals surface area (Å²) in [5, 5.41) is 8.82. The van der Waals surface area contributed by atoms with Crippen LogP contribution in [0.3, 0.4) is 0 Å². The molecule has 94 valence electrons. The summed E-state index contributed by atoms with van der Waals surface area (Å²) in [6.45, 7) is 2.18. The molecule has 1 aliphatic heterocycles. The van der Waals surface area contributed by atoms with Crippen molar-refractivity contribution in [1.82, 2.24) is 0 Å². The molecule has 1 aromatic carbocycles. The highest BCUT2D eigenvalue weighted by Gasteiger charge is 2.26. The maximum atomic E-state index is 12.0. The van der Waals surface area contributed by atoms with Crippen LogP contribution in [0.5, 0.6) is 0 Å². The van der Waals surface area contributed by atoms with Gasteiger partial charge in [0.2, 0.25) is 10.0 Å². The molecule has 0 radical (unpaired) electrons. The molecule has 0 saturated carbocycles. The van der Waals surface area contributed by atoms with Gasteiger partial charge >= 0.3 is 0 Å². The first kappa shape index (κ1) is 12.4. The van der Waals surface area contributed by atoms with Crippen LogP contribution in [0.25, 0.3) is 0 Å². The molecule has 17 heavy (non-hydrogen) atoms. The van der Waals surface area contributed by atoms with Crippen LogP contribution in [-0.4, -0.2) is 32.4 Å². The molecule has 0 aromatic heterocycles. The first-order chi connectivity index (χ1) is 8.04. The fourth-order valence-electron chi connectivity index (χ4n) is 2.21. The molecule has 0 amide bonds. The number of aliphatic hydroxyl groups excluding tert-OH is 1. The Morgan fingerprint density at radius 3 is 2.88 bits per heavy atom. The third-order valence-corrected chi connectivity index (χ3v) is 4.75. The third kappa shape index (κ3) is 2.45. The Hall–Kier alpha value is -1.07. The lowest BCUT2D eigenvalue weighted by molar-refractivity contribution is 0.319. The Kier molecular flexibility index (Phi) is 3.40. The second-order valence-electron chi connectivity index (χ2n) is 4.35. The average molecular weight is 255 g/mol. The molecule has 5 heteroatoms. The zero-order chi connectivity index (χ0) is 12.5. The molecule has 0 saturated heterocycles. The molecule has 4 nitrogen and oxygen atoms in total. The van der Waals surface area contributed by atoms with Gasteiger partial charge < -0.3 is 5.11 Å². The van der Waals surface area contributed by atoms with Gasteiger partial charge in [0.1, 0.15) is 0 Å². The number of aliphatic hydroxyl groups is 1. The van der Waals surface area contributed by atoms with E-state index in [1.54, 1.807) is 0 Å². The highest BCUT2D eigenvalue weighted by Crippen LogP contribution is 2.30. The Morgan fingerprint density at radius 1 is 1.41 bits per heavy atom. The summed E-state index contributed by atoms with van der Waals surface area (Å²) in [5.74, 6) is -0.208. The number of hydrogen-bond donors (Lipinski definition) is 1. The van der Waals surface area contributed by atoms with Gasteiger partial charge in [-0.05, 0) is 31.4 Å². The van der Waals surface area contributed by atoms with Crippen molar-refractivity contribution in [2.24, 2.45) is 0 Å². The van der Waals surface area contributed by atoms with Gasteiger partial charge in [0.15, 0.2) is 0 Å². The van der Waals surface area contributed by atoms with Gasteiger partial charge in [-0.2, -0.15) is 0 Å². The van der Waals surface area contributed by atoms with Gasteiger partial charge in [0, 0.05) is 6.54 Å². The Bertz CT molecular complexity index is 510. The fraction of sp³-hybridized carbons (Fsp3) is 0.500. The molecular weight excluding hydrogens is 238 g/mol. The van der Waals surface area contributed by atoms with E-state index in [2.05, 4.69) is 0 Å². The van der Waals surface area contributed by atoms with Gasteiger partial charge in [-0.1, -0.05) is 17.7 Å². The highest BCUT2D eigenvalue weighted by molar-refractivity contribution is 7.92. The summed E-state index contributed by atoms with van der Waals surface area (Å²) in [5.41, 5.74) is 3.00. The summed E-state index contributed by atoms with van der Waals surface area (Å²) < 4.78 is 25.4. The van der Waals surface area contributed by atoms with Gasteiger partial charge in [0.05, 0.1) is 18.0 Å². The van der Waals surface area contributed by atoms with Gasteiger partial charge in [-0.3, -0.25) is 4.31 Å². The molecule has 1 aliphatic rings. The van der Waals surface area contributed by atoms with E-state index in [4.69, 9.17) is 5.11 Å². The molecule has 0 fully saturated rings. The fourth-order valence-corrected chi connectivity index (χ4v) is 3.54. The maximum absolute atomic E-state index is 12.0. The second kappa shape index (κ2) is 4.66. The lowest BCUT2D eigenvalue weighted by Gasteiger charge is -2.30.